The van der Waals surface area contributed by atoms with E-state index in [0.717, 1.165) is 43.3 Å². The number of likely N-dealkylation sites (tertiary alicyclic amines) is 1. The molecule has 2 aliphatic rings. The van der Waals surface area contributed by atoms with Crippen LogP contribution in [0.2, 0.25) is 0 Å². The van der Waals surface area contributed by atoms with Crippen molar-refractivity contribution < 1.29 is 8.81 Å². The normalized spacial score (nSPS) is 23.1. The summed E-state index contributed by atoms with van der Waals surface area (Å²) in [4.78, 5) is 6.81. The molecule has 3 unspecified atom stereocenters. The summed E-state index contributed by atoms with van der Waals surface area (Å²) in [5.41, 5.74) is 0.788. The molecule has 7 heteroatoms. The molecule has 1 aliphatic heterocycles. The Morgan fingerprint density at radius 1 is 1.25 bits per heavy atom. The van der Waals surface area contributed by atoms with Gasteiger partial charge in [-0.25, -0.2) is 4.39 Å². The van der Waals surface area contributed by atoms with Crippen molar-refractivity contribution in [2.45, 2.75) is 37.3 Å². The van der Waals surface area contributed by atoms with E-state index in [1.807, 2.05) is 24.3 Å². The fraction of sp³-hybridized carbons (Fsp3) is 0.476. The average Bonchev–Trinajstić information content (AvgIpc) is 3.10. The maximum absolute atomic E-state index is 14.0. The van der Waals surface area contributed by atoms with Gasteiger partial charge in [-0.1, -0.05) is 18.2 Å². The smallest absolute Gasteiger partial charge is 0.191 e. The summed E-state index contributed by atoms with van der Waals surface area (Å²) in [6.07, 6.45) is 5.12. The molecule has 2 aromatic rings. The zero-order chi connectivity index (χ0) is 18.6. The first-order valence-electron chi connectivity index (χ1n) is 9.75. The molecule has 3 atom stereocenters. The van der Waals surface area contributed by atoms with Crippen molar-refractivity contribution in [2.75, 3.05) is 26.7 Å². The summed E-state index contributed by atoms with van der Waals surface area (Å²) >= 11 is 0. The van der Waals surface area contributed by atoms with Crippen LogP contribution in [-0.2, 0) is 0 Å². The highest BCUT2D eigenvalue weighted by molar-refractivity contribution is 14.0. The monoisotopic (exact) mass is 498 g/mol. The number of furan rings is 1. The van der Waals surface area contributed by atoms with Crippen molar-refractivity contribution in [1.29, 1.82) is 0 Å². The van der Waals surface area contributed by atoms with E-state index >= 15 is 0 Å². The van der Waals surface area contributed by atoms with Crippen LogP contribution in [-0.4, -0.2) is 43.6 Å². The predicted molar refractivity (Wildman–Crippen MR) is 120 cm³/mol. The Morgan fingerprint density at radius 3 is 2.71 bits per heavy atom. The van der Waals surface area contributed by atoms with Crippen molar-refractivity contribution in [3.05, 3.63) is 59.8 Å². The molecule has 2 fully saturated rings. The number of halogens is 2. The van der Waals surface area contributed by atoms with Gasteiger partial charge in [0.15, 0.2) is 5.96 Å². The lowest BCUT2D eigenvalue weighted by atomic mass is 10.1. The van der Waals surface area contributed by atoms with Crippen LogP contribution in [0.4, 0.5) is 4.39 Å². The van der Waals surface area contributed by atoms with E-state index in [9.17, 15) is 4.39 Å². The quantitative estimate of drug-likeness (QED) is 0.361. The maximum atomic E-state index is 14.0. The van der Waals surface area contributed by atoms with Crippen LogP contribution in [0.3, 0.4) is 0 Å². The average molecular weight is 498 g/mol. The molecule has 1 aromatic heterocycles. The SMILES string of the molecule is CN=C(NCC(c1ccco1)N1CCCC1)NC1CC1c1ccccc1F.I. The second-order valence-electron chi connectivity index (χ2n) is 7.34. The topological polar surface area (TPSA) is 52.8 Å². The van der Waals surface area contributed by atoms with Crippen LogP contribution in [0.25, 0.3) is 0 Å². The third-order valence-electron chi connectivity index (χ3n) is 5.56. The van der Waals surface area contributed by atoms with Crippen molar-refractivity contribution in [3.8, 4) is 0 Å². The Kier molecular flexibility index (Phi) is 7.34. The van der Waals surface area contributed by atoms with Gasteiger partial charge in [-0.05, 0) is 56.1 Å². The number of nitrogens with one attached hydrogen (secondary N) is 2. The number of benzene rings is 1. The van der Waals surface area contributed by atoms with Crippen molar-refractivity contribution in [2.24, 2.45) is 4.99 Å². The molecule has 28 heavy (non-hydrogen) atoms. The Hall–Kier alpha value is -1.61. The Morgan fingerprint density at radius 2 is 2.04 bits per heavy atom. The fourth-order valence-corrected chi connectivity index (χ4v) is 3.98. The summed E-state index contributed by atoms with van der Waals surface area (Å²) in [5, 5.41) is 6.87. The molecule has 1 aromatic carbocycles. The van der Waals surface area contributed by atoms with Gasteiger partial charge < -0.3 is 15.1 Å². The number of guanidine groups is 1. The van der Waals surface area contributed by atoms with Gasteiger partial charge in [-0.3, -0.25) is 9.89 Å². The minimum absolute atomic E-state index is 0. The van der Waals surface area contributed by atoms with Gasteiger partial charge in [0.2, 0.25) is 0 Å². The molecular weight excluding hydrogens is 470 g/mol. The number of aliphatic imine (C=N–C) groups is 1. The fourth-order valence-electron chi connectivity index (χ4n) is 3.98. The molecule has 4 rings (SSSR count). The first kappa shape index (κ1) is 21.1. The third kappa shape index (κ3) is 4.86. The zero-order valence-corrected chi connectivity index (χ0v) is 18.4. The van der Waals surface area contributed by atoms with Gasteiger partial charge in [0.05, 0.1) is 12.3 Å². The summed E-state index contributed by atoms with van der Waals surface area (Å²) < 4.78 is 19.6. The van der Waals surface area contributed by atoms with Gasteiger partial charge in [-0.2, -0.15) is 0 Å². The highest BCUT2D eigenvalue weighted by atomic mass is 127. The van der Waals surface area contributed by atoms with Crippen LogP contribution in [0.1, 0.15) is 42.5 Å². The molecule has 5 nitrogen and oxygen atoms in total. The van der Waals surface area contributed by atoms with Crippen LogP contribution >= 0.6 is 24.0 Å². The van der Waals surface area contributed by atoms with E-state index < -0.39 is 0 Å². The van der Waals surface area contributed by atoms with E-state index in [1.54, 1.807) is 19.4 Å². The second-order valence-corrected chi connectivity index (χ2v) is 7.34. The van der Waals surface area contributed by atoms with Crippen LogP contribution in [0.5, 0.6) is 0 Å². The Labute approximate surface area is 182 Å². The van der Waals surface area contributed by atoms with Gasteiger partial charge in [0, 0.05) is 25.6 Å². The third-order valence-corrected chi connectivity index (χ3v) is 5.56. The minimum Gasteiger partial charge on any atom is -0.468 e. The second kappa shape index (κ2) is 9.73. The van der Waals surface area contributed by atoms with Crippen LogP contribution < -0.4 is 10.6 Å². The van der Waals surface area contributed by atoms with Gasteiger partial charge in [0.25, 0.3) is 0 Å². The lowest BCUT2D eigenvalue weighted by Crippen LogP contribution is -2.43. The Balaban J connectivity index is 0.00000225. The molecule has 0 radical (unpaired) electrons. The van der Waals surface area contributed by atoms with Gasteiger partial charge in [-0.15, -0.1) is 24.0 Å². The minimum atomic E-state index is -0.123. The Bertz CT molecular complexity index is 776. The molecule has 1 saturated heterocycles. The first-order chi connectivity index (χ1) is 13.3. The molecule has 1 saturated carbocycles. The van der Waals surface area contributed by atoms with Crippen molar-refractivity contribution in [1.82, 2.24) is 15.5 Å². The van der Waals surface area contributed by atoms with Gasteiger partial charge >= 0.3 is 0 Å². The summed E-state index contributed by atoms with van der Waals surface area (Å²) in [7, 11) is 1.77. The number of nitrogens with zero attached hydrogens (tertiary/aromatic N) is 2. The molecule has 0 spiro atoms. The van der Waals surface area contributed by atoms with E-state index in [1.165, 1.54) is 18.9 Å². The lowest BCUT2D eigenvalue weighted by molar-refractivity contribution is 0.215. The largest absolute Gasteiger partial charge is 0.468 e. The number of rotatable bonds is 6. The highest BCUT2D eigenvalue weighted by Gasteiger charge is 2.40. The first-order valence-corrected chi connectivity index (χ1v) is 9.75. The lowest BCUT2D eigenvalue weighted by Gasteiger charge is -2.26. The standard InChI is InChI=1S/C21H27FN4O.HI/c1-23-21(25-18-13-16(18)15-7-2-3-8-17(15)22)24-14-19(20-9-6-12-27-20)26-10-4-5-11-26;/h2-3,6-9,12,16,18-19H,4-5,10-11,13-14H2,1H3,(H2,23,24,25);1H. The summed E-state index contributed by atoms with van der Waals surface area (Å²) in [5.74, 6) is 1.83. The van der Waals surface area contributed by atoms with E-state index in [-0.39, 0.29) is 47.8 Å². The van der Waals surface area contributed by atoms with Gasteiger partial charge in [0.1, 0.15) is 11.6 Å². The van der Waals surface area contributed by atoms with E-state index in [0.29, 0.717) is 0 Å². The molecule has 0 amide bonds. The molecule has 2 N–H and O–H groups in total. The summed E-state index contributed by atoms with van der Waals surface area (Å²) in [6.45, 7) is 2.92. The number of hydrogen-bond acceptors (Lipinski definition) is 3. The van der Waals surface area contributed by atoms with E-state index in [4.69, 9.17) is 4.42 Å². The van der Waals surface area contributed by atoms with Crippen LogP contribution in [0, 0.1) is 5.82 Å². The summed E-state index contributed by atoms with van der Waals surface area (Å²) in [6, 6.07) is 11.4. The van der Waals surface area contributed by atoms with Crippen molar-refractivity contribution >= 4 is 29.9 Å². The molecule has 2 heterocycles. The maximum Gasteiger partial charge on any atom is 0.191 e. The van der Waals surface area contributed by atoms with E-state index in [2.05, 4.69) is 20.5 Å². The molecule has 152 valence electrons. The van der Waals surface area contributed by atoms with Crippen molar-refractivity contribution in [3.63, 3.8) is 0 Å². The highest BCUT2D eigenvalue weighted by Crippen LogP contribution is 2.41. The number of hydrogen-bond donors (Lipinski definition) is 2. The molecule has 0 bridgehead atoms. The van der Waals surface area contributed by atoms with Crippen LogP contribution in [0.15, 0.2) is 52.1 Å². The molecular formula is C21H28FIN4O. The zero-order valence-electron chi connectivity index (χ0n) is 16.1. The predicted octanol–water partition coefficient (Wildman–Crippen LogP) is 3.89. The molecule has 1 aliphatic carbocycles.